The number of halogens is 1. The van der Waals surface area contributed by atoms with Crippen LogP contribution in [0.25, 0.3) is 0 Å². The van der Waals surface area contributed by atoms with Crippen molar-refractivity contribution in [1.82, 2.24) is 0 Å². The third kappa shape index (κ3) is 2.37. The van der Waals surface area contributed by atoms with E-state index in [1.165, 1.54) is 0 Å². The number of nitrogens with zero attached hydrogens (tertiary/aromatic N) is 1. The smallest absolute Gasteiger partial charge is 0.137 e. The lowest BCUT2D eigenvalue weighted by Gasteiger charge is -2.37. The second-order valence-corrected chi connectivity index (χ2v) is 5.26. The molecule has 0 aliphatic carbocycles. The third-order valence-corrected chi connectivity index (χ3v) is 3.03. The minimum atomic E-state index is 0.0970. The summed E-state index contributed by atoms with van der Waals surface area (Å²) in [5, 5.41) is 8.97. The van der Waals surface area contributed by atoms with E-state index in [0.717, 1.165) is 17.7 Å². The lowest BCUT2D eigenvalue weighted by molar-refractivity contribution is -0.120. The summed E-state index contributed by atoms with van der Waals surface area (Å²) >= 11 is 3.33. The summed E-state index contributed by atoms with van der Waals surface area (Å²) in [6.07, 6.45) is 0. The predicted octanol–water partition coefficient (Wildman–Crippen LogP) is 2.74. The van der Waals surface area contributed by atoms with Gasteiger partial charge in [0.25, 0.3) is 0 Å². The molecule has 0 spiro atoms. The Morgan fingerprint density at radius 1 is 1.56 bits per heavy atom. The van der Waals surface area contributed by atoms with E-state index in [0.29, 0.717) is 17.9 Å². The highest BCUT2D eigenvalue weighted by atomic mass is 79.9. The van der Waals surface area contributed by atoms with Crippen molar-refractivity contribution in [3.63, 3.8) is 0 Å². The van der Waals surface area contributed by atoms with Crippen LogP contribution in [-0.2, 0) is 4.74 Å². The van der Waals surface area contributed by atoms with Gasteiger partial charge >= 0.3 is 0 Å². The fourth-order valence-corrected chi connectivity index (χ4v) is 1.86. The lowest BCUT2D eigenvalue weighted by Crippen LogP contribution is -2.44. The van der Waals surface area contributed by atoms with Crippen LogP contribution in [0, 0.1) is 16.7 Å². The summed E-state index contributed by atoms with van der Waals surface area (Å²) in [5.41, 5.74) is 0.651. The summed E-state index contributed by atoms with van der Waals surface area (Å²) in [5.74, 6) is 0.638. The third-order valence-electron chi connectivity index (χ3n) is 2.54. The van der Waals surface area contributed by atoms with Crippen molar-refractivity contribution in [3.05, 3.63) is 28.2 Å². The number of hydrogen-bond donors (Lipinski definition) is 0. The van der Waals surface area contributed by atoms with Crippen molar-refractivity contribution in [2.75, 3.05) is 19.8 Å². The van der Waals surface area contributed by atoms with Crippen LogP contribution >= 0.6 is 15.9 Å². The monoisotopic (exact) mass is 281 g/mol. The molecule has 0 radical (unpaired) electrons. The van der Waals surface area contributed by atoms with Gasteiger partial charge in [0.1, 0.15) is 11.8 Å². The van der Waals surface area contributed by atoms with Crippen molar-refractivity contribution in [2.24, 2.45) is 5.41 Å². The Bertz CT molecular complexity index is 435. The molecule has 1 fully saturated rings. The fourth-order valence-electron chi connectivity index (χ4n) is 1.50. The molecule has 16 heavy (non-hydrogen) atoms. The molecule has 4 heteroatoms. The Hall–Kier alpha value is -1.05. The molecule has 1 aromatic rings. The van der Waals surface area contributed by atoms with E-state index in [-0.39, 0.29) is 5.41 Å². The van der Waals surface area contributed by atoms with Crippen LogP contribution in [0.3, 0.4) is 0 Å². The van der Waals surface area contributed by atoms with Gasteiger partial charge in [0.2, 0.25) is 0 Å². The molecule has 3 nitrogen and oxygen atoms in total. The highest BCUT2D eigenvalue weighted by Gasteiger charge is 2.34. The second kappa shape index (κ2) is 4.44. The number of ether oxygens (including phenoxy) is 2. The maximum Gasteiger partial charge on any atom is 0.137 e. The van der Waals surface area contributed by atoms with Gasteiger partial charge < -0.3 is 9.47 Å². The second-order valence-electron chi connectivity index (χ2n) is 4.34. The molecular weight excluding hydrogens is 270 g/mol. The van der Waals surface area contributed by atoms with Crippen molar-refractivity contribution in [1.29, 1.82) is 5.26 Å². The molecule has 0 bridgehead atoms. The molecular formula is C12H12BrNO2. The van der Waals surface area contributed by atoms with Gasteiger partial charge in [-0.1, -0.05) is 22.9 Å². The summed E-state index contributed by atoms with van der Waals surface area (Å²) in [7, 11) is 0. The standard InChI is InChI=1S/C12H12BrNO2/c1-12(6-15-7-12)8-16-11-3-2-10(13)4-9(11)5-14/h2-4H,6-8H2,1H3. The molecule has 1 heterocycles. The lowest BCUT2D eigenvalue weighted by atomic mass is 9.90. The van der Waals surface area contributed by atoms with Crippen molar-refractivity contribution >= 4 is 15.9 Å². The minimum absolute atomic E-state index is 0.0970. The quantitative estimate of drug-likeness (QED) is 0.856. The van der Waals surface area contributed by atoms with Gasteiger partial charge in [0, 0.05) is 9.89 Å². The molecule has 0 aromatic heterocycles. The topological polar surface area (TPSA) is 42.2 Å². The Kier molecular flexibility index (Phi) is 3.17. The molecule has 0 unspecified atom stereocenters. The minimum Gasteiger partial charge on any atom is -0.491 e. The van der Waals surface area contributed by atoms with Crippen LogP contribution in [-0.4, -0.2) is 19.8 Å². The predicted molar refractivity (Wildman–Crippen MR) is 63.3 cm³/mol. The maximum absolute atomic E-state index is 8.97. The maximum atomic E-state index is 8.97. The van der Waals surface area contributed by atoms with Crippen LogP contribution in [0.1, 0.15) is 12.5 Å². The average molecular weight is 282 g/mol. The first-order valence-electron chi connectivity index (χ1n) is 5.03. The molecule has 0 atom stereocenters. The molecule has 0 saturated carbocycles. The average Bonchev–Trinajstić information content (AvgIpc) is 2.24. The Morgan fingerprint density at radius 2 is 2.31 bits per heavy atom. The van der Waals surface area contributed by atoms with Crippen LogP contribution in [0.15, 0.2) is 22.7 Å². The first kappa shape index (κ1) is 11.4. The van der Waals surface area contributed by atoms with Gasteiger partial charge in [-0.05, 0) is 18.2 Å². The Morgan fingerprint density at radius 3 is 2.88 bits per heavy atom. The summed E-state index contributed by atoms with van der Waals surface area (Å²) in [4.78, 5) is 0. The molecule has 1 aliphatic heterocycles. The number of rotatable bonds is 3. The highest BCUT2D eigenvalue weighted by molar-refractivity contribution is 9.10. The molecule has 84 valence electrons. The Labute approximate surface area is 103 Å². The Balaban J connectivity index is 2.07. The summed E-state index contributed by atoms with van der Waals surface area (Å²) in [6, 6.07) is 7.56. The molecule has 0 N–H and O–H groups in total. The molecule has 2 rings (SSSR count). The molecule has 1 aromatic carbocycles. The van der Waals surface area contributed by atoms with E-state index < -0.39 is 0 Å². The van der Waals surface area contributed by atoms with Gasteiger partial charge in [0.05, 0.1) is 25.4 Å². The molecule has 1 aliphatic rings. The normalized spacial score (nSPS) is 17.3. The molecule has 0 amide bonds. The number of hydrogen-bond acceptors (Lipinski definition) is 3. The SMILES string of the molecule is CC1(COc2ccc(Br)cc2C#N)COC1. The van der Waals surface area contributed by atoms with Gasteiger partial charge in [0.15, 0.2) is 0 Å². The first-order valence-corrected chi connectivity index (χ1v) is 5.82. The van der Waals surface area contributed by atoms with Crippen molar-refractivity contribution in [2.45, 2.75) is 6.92 Å². The van der Waals surface area contributed by atoms with Crippen molar-refractivity contribution in [3.8, 4) is 11.8 Å². The first-order chi connectivity index (χ1) is 7.63. The van der Waals surface area contributed by atoms with Crippen LogP contribution in [0.5, 0.6) is 5.75 Å². The van der Waals surface area contributed by atoms with E-state index in [4.69, 9.17) is 14.7 Å². The van der Waals surface area contributed by atoms with Crippen LogP contribution in [0.4, 0.5) is 0 Å². The van der Waals surface area contributed by atoms with Gasteiger partial charge in [-0.25, -0.2) is 0 Å². The van der Waals surface area contributed by atoms with Crippen LogP contribution in [0.2, 0.25) is 0 Å². The summed E-state index contributed by atoms with van der Waals surface area (Å²) in [6.45, 7) is 4.15. The number of benzene rings is 1. The van der Waals surface area contributed by atoms with Gasteiger partial charge in [-0.2, -0.15) is 5.26 Å². The van der Waals surface area contributed by atoms with Gasteiger partial charge in [-0.3, -0.25) is 0 Å². The zero-order chi connectivity index (χ0) is 11.6. The van der Waals surface area contributed by atoms with E-state index in [9.17, 15) is 0 Å². The van der Waals surface area contributed by atoms with E-state index in [2.05, 4.69) is 28.9 Å². The highest BCUT2D eigenvalue weighted by Crippen LogP contribution is 2.29. The fraction of sp³-hybridized carbons (Fsp3) is 0.417. The largest absolute Gasteiger partial charge is 0.491 e. The van der Waals surface area contributed by atoms with Gasteiger partial charge in [-0.15, -0.1) is 0 Å². The van der Waals surface area contributed by atoms with Crippen molar-refractivity contribution < 1.29 is 9.47 Å². The summed E-state index contributed by atoms with van der Waals surface area (Å²) < 4.78 is 11.7. The number of nitriles is 1. The van der Waals surface area contributed by atoms with E-state index >= 15 is 0 Å². The zero-order valence-corrected chi connectivity index (χ0v) is 10.6. The van der Waals surface area contributed by atoms with E-state index in [1.807, 2.05) is 12.1 Å². The van der Waals surface area contributed by atoms with E-state index in [1.54, 1.807) is 6.07 Å². The zero-order valence-electron chi connectivity index (χ0n) is 9.00. The van der Waals surface area contributed by atoms with Crippen LogP contribution < -0.4 is 4.74 Å². The molecule has 1 saturated heterocycles.